The monoisotopic (exact) mass is 325 g/mol. The Balaban J connectivity index is 1.97. The van der Waals surface area contributed by atoms with E-state index in [4.69, 9.17) is 20.5 Å². The second-order valence-electron chi connectivity index (χ2n) is 5.39. The topological polar surface area (TPSA) is 111 Å². The summed E-state index contributed by atoms with van der Waals surface area (Å²) in [6.07, 6.45) is 1.67. The summed E-state index contributed by atoms with van der Waals surface area (Å²) >= 11 is 0. The van der Waals surface area contributed by atoms with Gasteiger partial charge in [0, 0.05) is 12.6 Å². The van der Waals surface area contributed by atoms with Crippen LogP contribution in [-0.2, 0) is 6.54 Å². The van der Waals surface area contributed by atoms with Gasteiger partial charge in [0.25, 0.3) is 5.91 Å². The number of carbonyl (C=O) groups is 1. The first-order valence-electron chi connectivity index (χ1n) is 7.27. The van der Waals surface area contributed by atoms with E-state index in [-0.39, 0.29) is 0 Å². The van der Waals surface area contributed by atoms with E-state index in [9.17, 15) is 4.79 Å². The van der Waals surface area contributed by atoms with E-state index < -0.39 is 13.0 Å². The summed E-state index contributed by atoms with van der Waals surface area (Å²) < 4.78 is 7.06. The zero-order chi connectivity index (χ0) is 17.3. The Hall–Kier alpha value is -2.84. The van der Waals surface area contributed by atoms with Gasteiger partial charge in [-0.1, -0.05) is 24.3 Å². The second kappa shape index (κ2) is 6.35. The Labute approximate surface area is 138 Å². The maximum atomic E-state index is 11.6. The Morgan fingerprint density at radius 3 is 2.58 bits per heavy atom. The van der Waals surface area contributed by atoms with Crippen molar-refractivity contribution in [2.75, 3.05) is 7.11 Å². The third-order valence-corrected chi connectivity index (χ3v) is 3.84. The van der Waals surface area contributed by atoms with E-state index in [2.05, 4.69) is 4.98 Å². The van der Waals surface area contributed by atoms with Crippen molar-refractivity contribution in [2.45, 2.75) is 6.54 Å². The number of methoxy groups -OCH3 is 1. The summed E-state index contributed by atoms with van der Waals surface area (Å²) in [6.45, 7) is 0.517. The van der Waals surface area contributed by atoms with Gasteiger partial charge in [0.15, 0.2) is 0 Å². The third kappa shape index (κ3) is 2.97. The van der Waals surface area contributed by atoms with Crippen LogP contribution in [0.5, 0.6) is 5.75 Å². The lowest BCUT2D eigenvalue weighted by Crippen LogP contribution is -2.29. The highest BCUT2D eigenvalue weighted by Crippen LogP contribution is 2.25. The fraction of sp³-hybridized carbons (Fsp3) is 0.125. The van der Waals surface area contributed by atoms with Crippen LogP contribution in [0, 0.1) is 0 Å². The normalized spacial score (nSPS) is 10.8. The fourth-order valence-electron chi connectivity index (χ4n) is 2.56. The molecule has 4 N–H and O–H groups in total. The molecule has 0 fully saturated rings. The first-order valence-corrected chi connectivity index (χ1v) is 7.27. The van der Waals surface area contributed by atoms with Gasteiger partial charge in [-0.2, -0.15) is 0 Å². The molecule has 0 aliphatic heterocycles. The van der Waals surface area contributed by atoms with Gasteiger partial charge >= 0.3 is 7.12 Å². The van der Waals surface area contributed by atoms with E-state index in [1.165, 1.54) is 7.11 Å². The predicted octanol–water partition coefficient (Wildman–Crippen LogP) is -0.128. The molecule has 3 rings (SSSR count). The van der Waals surface area contributed by atoms with Gasteiger partial charge in [0.05, 0.1) is 30.0 Å². The Morgan fingerprint density at radius 2 is 2.00 bits per heavy atom. The molecule has 0 radical (unpaired) electrons. The predicted molar refractivity (Wildman–Crippen MR) is 90.2 cm³/mol. The molecular formula is C16H16BN3O4. The number of amides is 1. The number of fused-ring (bicyclic) bond motifs is 1. The number of imidazole rings is 1. The van der Waals surface area contributed by atoms with Crippen molar-refractivity contribution < 1.29 is 19.6 Å². The SMILES string of the molecule is COc1cc2ncn(Cc3ccc(B(O)O)cc3)c2cc1C(N)=O. The largest absolute Gasteiger partial charge is 0.496 e. The molecule has 0 saturated heterocycles. The van der Waals surface area contributed by atoms with E-state index in [1.54, 1.807) is 42.7 Å². The molecular weight excluding hydrogens is 309 g/mol. The summed E-state index contributed by atoms with van der Waals surface area (Å²) in [4.78, 5) is 15.9. The molecule has 7 nitrogen and oxygen atoms in total. The average molecular weight is 325 g/mol. The van der Waals surface area contributed by atoms with Crippen molar-refractivity contribution in [1.29, 1.82) is 0 Å². The highest BCUT2D eigenvalue weighted by molar-refractivity contribution is 6.58. The van der Waals surface area contributed by atoms with E-state index >= 15 is 0 Å². The molecule has 122 valence electrons. The minimum Gasteiger partial charge on any atom is -0.496 e. The van der Waals surface area contributed by atoms with Crippen LogP contribution in [0.4, 0.5) is 0 Å². The summed E-state index contributed by atoms with van der Waals surface area (Å²) in [6, 6.07) is 10.2. The van der Waals surface area contributed by atoms with Crippen molar-refractivity contribution in [2.24, 2.45) is 5.73 Å². The first kappa shape index (κ1) is 16.0. The molecule has 1 aromatic heterocycles. The number of hydrogen-bond acceptors (Lipinski definition) is 5. The molecule has 0 unspecified atom stereocenters. The Morgan fingerprint density at radius 1 is 1.29 bits per heavy atom. The highest BCUT2D eigenvalue weighted by Gasteiger charge is 2.14. The zero-order valence-electron chi connectivity index (χ0n) is 13.0. The lowest BCUT2D eigenvalue weighted by atomic mass is 9.80. The first-order chi connectivity index (χ1) is 11.5. The highest BCUT2D eigenvalue weighted by atomic mass is 16.5. The molecule has 8 heteroatoms. The number of hydrogen-bond donors (Lipinski definition) is 3. The Kier molecular flexibility index (Phi) is 4.24. The van der Waals surface area contributed by atoms with Gasteiger partial charge in [-0.25, -0.2) is 4.98 Å². The minimum absolute atomic E-state index is 0.297. The number of nitrogens with two attached hydrogens (primary N) is 1. The van der Waals surface area contributed by atoms with Crippen LogP contribution < -0.4 is 15.9 Å². The summed E-state index contributed by atoms with van der Waals surface area (Å²) in [7, 11) is -0.0134. The van der Waals surface area contributed by atoms with Gasteiger partial charge < -0.3 is 25.1 Å². The van der Waals surface area contributed by atoms with Crippen LogP contribution in [-0.4, -0.2) is 39.7 Å². The van der Waals surface area contributed by atoms with Crippen LogP contribution in [0.1, 0.15) is 15.9 Å². The molecule has 0 spiro atoms. The number of primary amides is 1. The van der Waals surface area contributed by atoms with E-state index in [1.807, 2.05) is 4.57 Å². The number of ether oxygens (including phenoxy) is 1. The quantitative estimate of drug-likeness (QED) is 0.566. The second-order valence-corrected chi connectivity index (χ2v) is 5.39. The van der Waals surface area contributed by atoms with Crippen molar-refractivity contribution in [3.05, 3.63) is 53.9 Å². The molecule has 1 amide bonds. The van der Waals surface area contributed by atoms with Crippen LogP contribution in [0.15, 0.2) is 42.7 Å². The molecule has 3 aromatic rings. The maximum Gasteiger partial charge on any atom is 0.488 e. The summed E-state index contributed by atoms with van der Waals surface area (Å²) in [5.41, 5.74) is 8.53. The molecule has 1 heterocycles. The number of aromatic nitrogens is 2. The molecule has 0 saturated carbocycles. The van der Waals surface area contributed by atoms with Crippen LogP contribution in [0.25, 0.3) is 11.0 Å². The number of carbonyl (C=O) groups excluding carboxylic acids is 1. The van der Waals surface area contributed by atoms with Gasteiger partial charge in [-0.05, 0) is 17.1 Å². The molecule has 0 atom stereocenters. The smallest absolute Gasteiger partial charge is 0.488 e. The van der Waals surface area contributed by atoms with E-state index in [0.717, 1.165) is 11.1 Å². The van der Waals surface area contributed by atoms with E-state index in [0.29, 0.717) is 28.8 Å². The van der Waals surface area contributed by atoms with Gasteiger partial charge in [0.2, 0.25) is 0 Å². The molecule has 0 bridgehead atoms. The number of nitrogens with zero attached hydrogens (tertiary/aromatic N) is 2. The van der Waals surface area contributed by atoms with Crippen molar-refractivity contribution in [3.8, 4) is 5.75 Å². The Bertz CT molecular complexity index is 890. The molecule has 0 aliphatic rings. The van der Waals surface area contributed by atoms with Crippen LogP contribution >= 0.6 is 0 Å². The van der Waals surface area contributed by atoms with Crippen molar-refractivity contribution >= 4 is 29.5 Å². The standard InChI is InChI=1S/C16H16BN3O4/c1-24-15-7-13-14(6-12(15)16(18)21)20(9-19-13)8-10-2-4-11(5-3-10)17(22)23/h2-7,9,22-23H,8H2,1H3,(H2,18,21). The number of rotatable bonds is 5. The average Bonchev–Trinajstić information content (AvgIpc) is 2.96. The van der Waals surface area contributed by atoms with Crippen LogP contribution in [0.3, 0.4) is 0 Å². The number of benzene rings is 2. The zero-order valence-corrected chi connectivity index (χ0v) is 13.0. The minimum atomic E-state index is -1.49. The lowest BCUT2D eigenvalue weighted by Gasteiger charge is -2.09. The third-order valence-electron chi connectivity index (χ3n) is 3.84. The van der Waals surface area contributed by atoms with Gasteiger partial charge in [0.1, 0.15) is 5.75 Å². The molecule has 0 aliphatic carbocycles. The maximum absolute atomic E-state index is 11.6. The van der Waals surface area contributed by atoms with Gasteiger partial charge in [-0.3, -0.25) is 4.79 Å². The fourth-order valence-corrected chi connectivity index (χ4v) is 2.56. The summed E-state index contributed by atoms with van der Waals surface area (Å²) in [5, 5.41) is 18.3. The van der Waals surface area contributed by atoms with Crippen LogP contribution in [0.2, 0.25) is 0 Å². The lowest BCUT2D eigenvalue weighted by molar-refractivity contribution is 0.0997. The molecule has 2 aromatic carbocycles. The molecule has 24 heavy (non-hydrogen) atoms. The van der Waals surface area contributed by atoms with Crippen molar-refractivity contribution in [3.63, 3.8) is 0 Å². The summed E-state index contributed by atoms with van der Waals surface area (Å²) in [5.74, 6) is -0.177. The van der Waals surface area contributed by atoms with Gasteiger partial charge in [-0.15, -0.1) is 0 Å². The van der Waals surface area contributed by atoms with Crippen molar-refractivity contribution in [1.82, 2.24) is 9.55 Å².